The Morgan fingerprint density at radius 1 is 1.48 bits per heavy atom. The molecule has 0 bridgehead atoms. The highest BCUT2D eigenvalue weighted by molar-refractivity contribution is 5.93. The van der Waals surface area contributed by atoms with E-state index in [-0.39, 0.29) is 24.0 Å². The van der Waals surface area contributed by atoms with Crippen LogP contribution in [-0.2, 0) is 16.6 Å². The molecule has 2 aliphatic heterocycles. The van der Waals surface area contributed by atoms with Crippen molar-refractivity contribution in [3.05, 3.63) is 18.0 Å². The maximum absolute atomic E-state index is 13.0. The standard InChI is InChI=1S/C16H24N4O3/c1-15(2)10-16(12(23-15)9-13(17)21)6-4-8-20(16)14(22)11-5-7-18-19(11)3/h5,7,12H,4,6,8-10H2,1-3H3,(H2,17,21)/t12-,16+/m0/s1. The van der Waals surface area contributed by atoms with Crippen molar-refractivity contribution in [2.24, 2.45) is 12.8 Å². The summed E-state index contributed by atoms with van der Waals surface area (Å²) in [6.07, 6.45) is 3.84. The molecule has 2 fully saturated rings. The second-order valence-corrected chi connectivity index (χ2v) is 7.22. The van der Waals surface area contributed by atoms with Crippen molar-refractivity contribution < 1.29 is 14.3 Å². The first-order chi connectivity index (χ1) is 10.8. The summed E-state index contributed by atoms with van der Waals surface area (Å²) in [6.45, 7) is 4.67. The second-order valence-electron chi connectivity index (χ2n) is 7.22. The molecule has 1 aromatic heterocycles. The zero-order valence-corrected chi connectivity index (χ0v) is 13.9. The highest BCUT2D eigenvalue weighted by Gasteiger charge is 2.58. The van der Waals surface area contributed by atoms with Gasteiger partial charge in [-0.1, -0.05) is 0 Å². The van der Waals surface area contributed by atoms with Crippen molar-refractivity contribution >= 4 is 11.8 Å². The summed E-state index contributed by atoms with van der Waals surface area (Å²) in [5, 5.41) is 4.08. The number of carbonyl (C=O) groups is 2. The Balaban J connectivity index is 1.96. The van der Waals surface area contributed by atoms with Gasteiger partial charge in [0.1, 0.15) is 5.69 Å². The van der Waals surface area contributed by atoms with Crippen LogP contribution >= 0.6 is 0 Å². The normalized spacial score (nSPS) is 29.3. The minimum atomic E-state index is -0.458. The molecule has 2 N–H and O–H groups in total. The molecule has 7 heteroatoms. The van der Waals surface area contributed by atoms with Crippen molar-refractivity contribution in [2.75, 3.05) is 6.54 Å². The van der Waals surface area contributed by atoms with Gasteiger partial charge in [0.15, 0.2) is 0 Å². The first-order valence-electron chi connectivity index (χ1n) is 8.01. The number of aryl methyl sites for hydroxylation is 1. The van der Waals surface area contributed by atoms with Crippen LogP contribution in [0.5, 0.6) is 0 Å². The van der Waals surface area contributed by atoms with Gasteiger partial charge in [0.25, 0.3) is 5.91 Å². The van der Waals surface area contributed by atoms with Crippen LogP contribution in [0, 0.1) is 0 Å². The minimum absolute atomic E-state index is 0.0572. The molecule has 1 aromatic rings. The van der Waals surface area contributed by atoms with Crippen molar-refractivity contribution in [3.8, 4) is 0 Å². The van der Waals surface area contributed by atoms with Gasteiger partial charge in [0.2, 0.25) is 5.91 Å². The number of likely N-dealkylation sites (tertiary alicyclic amines) is 1. The van der Waals surface area contributed by atoms with Gasteiger partial charge in [0, 0.05) is 26.2 Å². The third-order valence-corrected chi connectivity index (χ3v) is 4.99. The molecule has 1 spiro atoms. The number of aromatic nitrogens is 2. The summed E-state index contributed by atoms with van der Waals surface area (Å²) in [5.74, 6) is -0.454. The highest BCUT2D eigenvalue weighted by atomic mass is 16.5. The number of ether oxygens (including phenoxy) is 1. The van der Waals surface area contributed by atoms with Crippen molar-refractivity contribution in [1.82, 2.24) is 14.7 Å². The smallest absolute Gasteiger partial charge is 0.272 e. The van der Waals surface area contributed by atoms with Gasteiger partial charge in [-0.05, 0) is 32.8 Å². The fraction of sp³-hybridized carbons (Fsp3) is 0.688. The number of rotatable bonds is 3. The molecule has 2 atom stereocenters. The third kappa shape index (κ3) is 2.63. The van der Waals surface area contributed by atoms with Crippen LogP contribution in [0.3, 0.4) is 0 Å². The third-order valence-electron chi connectivity index (χ3n) is 4.99. The van der Waals surface area contributed by atoms with Crippen LogP contribution in [0.1, 0.15) is 50.0 Å². The molecular weight excluding hydrogens is 296 g/mol. The van der Waals surface area contributed by atoms with E-state index in [0.29, 0.717) is 18.7 Å². The Labute approximate surface area is 135 Å². The Morgan fingerprint density at radius 3 is 2.83 bits per heavy atom. The summed E-state index contributed by atoms with van der Waals surface area (Å²) in [6, 6.07) is 1.72. The molecule has 2 saturated heterocycles. The Bertz CT molecular complexity index is 639. The van der Waals surface area contributed by atoms with E-state index < -0.39 is 11.4 Å². The Morgan fingerprint density at radius 2 is 2.22 bits per heavy atom. The topological polar surface area (TPSA) is 90.4 Å². The minimum Gasteiger partial charge on any atom is -0.370 e. The number of nitrogens with two attached hydrogens (primary N) is 1. The molecule has 3 rings (SSSR count). The first-order valence-corrected chi connectivity index (χ1v) is 8.01. The van der Waals surface area contributed by atoms with Gasteiger partial charge in [-0.25, -0.2) is 0 Å². The predicted octanol–water partition coefficient (Wildman–Crippen LogP) is 0.838. The Kier molecular flexibility index (Phi) is 3.71. The van der Waals surface area contributed by atoms with Crippen molar-refractivity contribution in [2.45, 2.75) is 56.8 Å². The van der Waals surface area contributed by atoms with E-state index >= 15 is 0 Å². The molecule has 3 heterocycles. The van der Waals surface area contributed by atoms with Crippen LogP contribution in [-0.4, -0.2) is 50.3 Å². The van der Waals surface area contributed by atoms with Crippen LogP contribution in [0.4, 0.5) is 0 Å². The monoisotopic (exact) mass is 320 g/mol. The maximum Gasteiger partial charge on any atom is 0.272 e. The van der Waals surface area contributed by atoms with E-state index in [1.807, 2.05) is 18.7 Å². The largest absolute Gasteiger partial charge is 0.370 e. The van der Waals surface area contributed by atoms with E-state index in [9.17, 15) is 9.59 Å². The molecule has 0 unspecified atom stereocenters. The number of hydrogen-bond donors (Lipinski definition) is 1. The van der Waals surface area contributed by atoms with Gasteiger partial charge in [0.05, 0.1) is 23.7 Å². The zero-order valence-electron chi connectivity index (χ0n) is 13.9. The maximum atomic E-state index is 13.0. The quantitative estimate of drug-likeness (QED) is 0.893. The molecule has 23 heavy (non-hydrogen) atoms. The summed E-state index contributed by atoms with van der Waals surface area (Å²) in [5.41, 5.74) is 5.13. The predicted molar refractivity (Wildman–Crippen MR) is 83.6 cm³/mol. The second kappa shape index (κ2) is 5.33. The Hall–Kier alpha value is -1.89. The molecular formula is C16H24N4O3. The number of nitrogens with zero attached hydrogens (tertiary/aromatic N) is 3. The lowest BCUT2D eigenvalue weighted by molar-refractivity contribution is -0.123. The number of hydrogen-bond acceptors (Lipinski definition) is 4. The SMILES string of the molecule is Cn1nccc1C(=O)N1CCC[C@]12CC(C)(C)O[C@H]2CC(N)=O. The molecule has 0 aliphatic carbocycles. The molecule has 0 saturated carbocycles. The summed E-state index contributed by atoms with van der Waals surface area (Å²) >= 11 is 0. The molecule has 126 valence electrons. The number of primary amides is 1. The van der Waals surface area contributed by atoms with Gasteiger partial charge in [-0.15, -0.1) is 0 Å². The summed E-state index contributed by atoms with van der Waals surface area (Å²) in [7, 11) is 1.76. The zero-order chi connectivity index (χ0) is 16.8. The van der Waals surface area contributed by atoms with E-state index in [4.69, 9.17) is 10.5 Å². The first kappa shape index (κ1) is 16.0. The van der Waals surface area contributed by atoms with Crippen LogP contribution in [0.15, 0.2) is 12.3 Å². The van der Waals surface area contributed by atoms with E-state index in [1.165, 1.54) is 0 Å². The van der Waals surface area contributed by atoms with Crippen molar-refractivity contribution in [1.29, 1.82) is 0 Å². The van der Waals surface area contributed by atoms with Crippen molar-refractivity contribution in [3.63, 3.8) is 0 Å². The van der Waals surface area contributed by atoms with Crippen LogP contribution in [0.2, 0.25) is 0 Å². The number of carbonyl (C=O) groups excluding carboxylic acids is 2. The van der Waals surface area contributed by atoms with Gasteiger partial charge < -0.3 is 15.4 Å². The lowest BCUT2D eigenvalue weighted by Gasteiger charge is -2.38. The van der Waals surface area contributed by atoms with Crippen LogP contribution in [0.25, 0.3) is 0 Å². The van der Waals surface area contributed by atoms with E-state index in [1.54, 1.807) is 24.0 Å². The van der Waals surface area contributed by atoms with Gasteiger partial charge in [-0.2, -0.15) is 5.10 Å². The molecule has 2 aliphatic rings. The number of amides is 2. The van der Waals surface area contributed by atoms with E-state index in [2.05, 4.69) is 5.10 Å². The molecule has 0 radical (unpaired) electrons. The summed E-state index contributed by atoms with van der Waals surface area (Å²) in [4.78, 5) is 26.4. The molecule has 2 amide bonds. The highest BCUT2D eigenvalue weighted by Crippen LogP contribution is 2.49. The fourth-order valence-corrected chi connectivity index (χ4v) is 4.25. The molecule has 0 aromatic carbocycles. The van der Waals surface area contributed by atoms with Gasteiger partial charge >= 0.3 is 0 Å². The average molecular weight is 320 g/mol. The van der Waals surface area contributed by atoms with Crippen LogP contribution < -0.4 is 5.73 Å². The molecule has 7 nitrogen and oxygen atoms in total. The lowest BCUT2D eigenvalue weighted by atomic mass is 9.82. The average Bonchev–Trinajstić information content (AvgIpc) is 3.08. The van der Waals surface area contributed by atoms with E-state index in [0.717, 1.165) is 12.8 Å². The summed E-state index contributed by atoms with van der Waals surface area (Å²) < 4.78 is 7.69. The lowest BCUT2D eigenvalue weighted by Crippen LogP contribution is -2.54. The fourth-order valence-electron chi connectivity index (χ4n) is 4.25. The van der Waals surface area contributed by atoms with Gasteiger partial charge in [-0.3, -0.25) is 14.3 Å².